The second-order valence-corrected chi connectivity index (χ2v) is 6.66. The number of thioether (sulfide) groups is 1. The van der Waals surface area contributed by atoms with Gasteiger partial charge >= 0.3 is 0 Å². The highest BCUT2D eigenvalue weighted by atomic mass is 35.5. The van der Waals surface area contributed by atoms with Gasteiger partial charge in [0.2, 0.25) is 0 Å². The van der Waals surface area contributed by atoms with Gasteiger partial charge in [-0.15, -0.1) is 0 Å². The average Bonchev–Trinajstić information content (AvgIpc) is 2.60. The standard InChI is InChI=1S/C11H12Cl3NS/c1-6-2-7(5-16-6)15-11-4-9(13)8(12)3-10(11)14/h3-4,6-7,15H,2,5H2,1H3. The lowest BCUT2D eigenvalue weighted by atomic mass is 10.2. The van der Waals surface area contributed by atoms with Gasteiger partial charge in [-0.2, -0.15) is 11.8 Å². The molecule has 2 unspecified atom stereocenters. The van der Waals surface area contributed by atoms with E-state index in [1.807, 2.05) is 11.8 Å². The molecule has 1 heterocycles. The highest BCUT2D eigenvalue weighted by molar-refractivity contribution is 8.00. The maximum atomic E-state index is 6.10. The van der Waals surface area contributed by atoms with E-state index in [9.17, 15) is 0 Å². The predicted octanol–water partition coefficient (Wildman–Crippen LogP) is 4.95. The number of rotatable bonds is 2. The van der Waals surface area contributed by atoms with Crippen molar-refractivity contribution in [3.63, 3.8) is 0 Å². The molecule has 1 N–H and O–H groups in total. The fourth-order valence-electron chi connectivity index (χ4n) is 1.77. The lowest BCUT2D eigenvalue weighted by Crippen LogP contribution is -2.19. The van der Waals surface area contributed by atoms with Crippen LogP contribution in [0.3, 0.4) is 0 Å². The summed E-state index contributed by atoms with van der Waals surface area (Å²) >= 11 is 19.9. The van der Waals surface area contributed by atoms with Crippen LogP contribution in [0.5, 0.6) is 0 Å². The summed E-state index contributed by atoms with van der Waals surface area (Å²) < 4.78 is 0. The minimum Gasteiger partial charge on any atom is -0.380 e. The molecule has 1 aromatic carbocycles. The van der Waals surface area contributed by atoms with E-state index in [4.69, 9.17) is 34.8 Å². The molecule has 5 heteroatoms. The van der Waals surface area contributed by atoms with E-state index in [0.717, 1.165) is 17.9 Å². The van der Waals surface area contributed by atoms with Crippen LogP contribution < -0.4 is 5.32 Å². The zero-order chi connectivity index (χ0) is 11.7. The lowest BCUT2D eigenvalue weighted by Gasteiger charge is -2.15. The van der Waals surface area contributed by atoms with Gasteiger partial charge in [0, 0.05) is 17.0 Å². The van der Waals surface area contributed by atoms with Crippen molar-refractivity contribution in [2.45, 2.75) is 24.6 Å². The molecule has 1 saturated heterocycles. The Labute approximate surface area is 115 Å². The van der Waals surface area contributed by atoms with Gasteiger partial charge in [-0.25, -0.2) is 0 Å². The van der Waals surface area contributed by atoms with Crippen LogP contribution in [0.15, 0.2) is 12.1 Å². The maximum absolute atomic E-state index is 6.10. The Hall–Kier alpha value is 0.240. The maximum Gasteiger partial charge on any atom is 0.0653 e. The highest BCUT2D eigenvalue weighted by Gasteiger charge is 2.22. The SMILES string of the molecule is CC1CC(Nc2cc(Cl)c(Cl)cc2Cl)CS1. The van der Waals surface area contributed by atoms with Crippen LogP contribution >= 0.6 is 46.6 Å². The molecule has 2 rings (SSSR count). The monoisotopic (exact) mass is 295 g/mol. The molecule has 0 aliphatic carbocycles. The molecule has 0 saturated carbocycles. The van der Waals surface area contributed by atoms with Gasteiger partial charge in [-0.3, -0.25) is 0 Å². The summed E-state index contributed by atoms with van der Waals surface area (Å²) in [6.07, 6.45) is 1.15. The second-order valence-electron chi connectivity index (χ2n) is 3.97. The van der Waals surface area contributed by atoms with Crippen molar-refractivity contribution < 1.29 is 0 Å². The number of nitrogens with one attached hydrogen (secondary N) is 1. The minimum atomic E-state index is 0.467. The third-order valence-corrected chi connectivity index (χ3v) is 4.96. The molecule has 16 heavy (non-hydrogen) atoms. The van der Waals surface area contributed by atoms with Crippen LogP contribution in [0.25, 0.3) is 0 Å². The Morgan fingerprint density at radius 2 is 1.88 bits per heavy atom. The summed E-state index contributed by atoms with van der Waals surface area (Å²) in [6, 6.07) is 3.94. The van der Waals surface area contributed by atoms with Crippen molar-refractivity contribution in [2.75, 3.05) is 11.1 Å². The fourth-order valence-corrected chi connectivity index (χ4v) is 3.52. The number of benzene rings is 1. The van der Waals surface area contributed by atoms with E-state index in [1.54, 1.807) is 12.1 Å². The van der Waals surface area contributed by atoms with Gasteiger partial charge in [0.05, 0.1) is 20.8 Å². The molecule has 0 amide bonds. The van der Waals surface area contributed by atoms with Crippen LogP contribution in [0, 0.1) is 0 Å². The van der Waals surface area contributed by atoms with Crippen molar-refractivity contribution in [3.8, 4) is 0 Å². The summed E-state index contributed by atoms with van der Waals surface area (Å²) in [4.78, 5) is 0. The van der Waals surface area contributed by atoms with Crippen molar-refractivity contribution in [1.82, 2.24) is 0 Å². The smallest absolute Gasteiger partial charge is 0.0653 e. The summed E-state index contributed by atoms with van der Waals surface area (Å²) in [6.45, 7) is 2.24. The van der Waals surface area contributed by atoms with E-state index >= 15 is 0 Å². The van der Waals surface area contributed by atoms with Crippen LogP contribution in [0.2, 0.25) is 15.1 Å². The van der Waals surface area contributed by atoms with E-state index in [2.05, 4.69) is 12.2 Å². The predicted molar refractivity (Wildman–Crippen MR) is 75.4 cm³/mol. The number of halogens is 3. The molecule has 1 nitrogen and oxygen atoms in total. The van der Waals surface area contributed by atoms with Gasteiger partial charge in [-0.1, -0.05) is 41.7 Å². The first-order valence-electron chi connectivity index (χ1n) is 5.09. The van der Waals surface area contributed by atoms with E-state index in [-0.39, 0.29) is 0 Å². The molecule has 1 aliphatic rings. The van der Waals surface area contributed by atoms with Crippen LogP contribution in [0.4, 0.5) is 5.69 Å². The summed E-state index contributed by atoms with van der Waals surface area (Å²) in [5, 5.41) is 5.77. The topological polar surface area (TPSA) is 12.0 Å². The van der Waals surface area contributed by atoms with Gasteiger partial charge < -0.3 is 5.32 Å². The van der Waals surface area contributed by atoms with Gasteiger partial charge in [0.25, 0.3) is 0 Å². The molecular weight excluding hydrogens is 285 g/mol. The van der Waals surface area contributed by atoms with Gasteiger partial charge in [-0.05, 0) is 18.6 Å². The summed E-state index contributed by atoms with van der Waals surface area (Å²) in [5.41, 5.74) is 0.871. The van der Waals surface area contributed by atoms with Crippen LogP contribution in [-0.4, -0.2) is 17.0 Å². The Kier molecular flexibility index (Phi) is 4.17. The molecule has 0 radical (unpaired) electrons. The normalized spacial score (nSPS) is 24.8. The van der Waals surface area contributed by atoms with E-state index < -0.39 is 0 Å². The first-order chi connectivity index (χ1) is 7.56. The Morgan fingerprint density at radius 1 is 1.19 bits per heavy atom. The van der Waals surface area contributed by atoms with E-state index in [1.165, 1.54) is 0 Å². The first kappa shape index (κ1) is 12.7. The van der Waals surface area contributed by atoms with Crippen LogP contribution in [0.1, 0.15) is 13.3 Å². The third kappa shape index (κ3) is 2.92. The molecule has 1 fully saturated rings. The summed E-state index contributed by atoms with van der Waals surface area (Å²) in [5.74, 6) is 1.11. The largest absolute Gasteiger partial charge is 0.380 e. The average molecular weight is 297 g/mol. The fraction of sp³-hybridized carbons (Fsp3) is 0.455. The minimum absolute atomic E-state index is 0.467. The molecular formula is C11H12Cl3NS. The van der Waals surface area contributed by atoms with Crippen molar-refractivity contribution in [1.29, 1.82) is 0 Å². The quantitative estimate of drug-likeness (QED) is 0.775. The number of hydrogen-bond donors (Lipinski definition) is 1. The molecule has 2 atom stereocenters. The first-order valence-corrected chi connectivity index (χ1v) is 7.27. The Bertz CT molecular complexity index is 397. The zero-order valence-electron chi connectivity index (χ0n) is 8.77. The third-order valence-electron chi connectivity index (χ3n) is 2.57. The summed E-state index contributed by atoms with van der Waals surface area (Å²) in [7, 11) is 0. The number of anilines is 1. The van der Waals surface area contributed by atoms with Crippen LogP contribution in [-0.2, 0) is 0 Å². The van der Waals surface area contributed by atoms with Gasteiger partial charge in [0.15, 0.2) is 0 Å². The second kappa shape index (κ2) is 5.26. The van der Waals surface area contributed by atoms with Crippen molar-refractivity contribution in [2.24, 2.45) is 0 Å². The van der Waals surface area contributed by atoms with Crippen molar-refractivity contribution in [3.05, 3.63) is 27.2 Å². The Balaban J connectivity index is 2.12. The van der Waals surface area contributed by atoms with E-state index in [0.29, 0.717) is 26.4 Å². The lowest BCUT2D eigenvalue weighted by molar-refractivity contribution is 0.747. The van der Waals surface area contributed by atoms with Crippen molar-refractivity contribution >= 4 is 52.3 Å². The highest BCUT2D eigenvalue weighted by Crippen LogP contribution is 2.35. The molecule has 0 bridgehead atoms. The Morgan fingerprint density at radius 3 is 2.50 bits per heavy atom. The number of hydrogen-bond acceptors (Lipinski definition) is 2. The zero-order valence-corrected chi connectivity index (χ0v) is 11.9. The van der Waals surface area contributed by atoms with Gasteiger partial charge in [0.1, 0.15) is 0 Å². The molecule has 1 aromatic rings. The molecule has 88 valence electrons. The molecule has 1 aliphatic heterocycles. The molecule has 0 aromatic heterocycles. The molecule has 0 spiro atoms.